The first kappa shape index (κ1) is 17.6. The predicted octanol–water partition coefficient (Wildman–Crippen LogP) is 5.67. The van der Waals surface area contributed by atoms with Gasteiger partial charge in [0.15, 0.2) is 0 Å². The molecule has 7 heteroatoms. The first-order valence-corrected chi connectivity index (χ1v) is 8.07. The largest absolute Gasteiger partial charge is 0.573 e. The van der Waals surface area contributed by atoms with Crippen LogP contribution in [0, 0.1) is 3.57 Å². The number of hydrogen-bond acceptors (Lipinski definition) is 2. The van der Waals surface area contributed by atoms with Gasteiger partial charge in [-0.1, -0.05) is 30.3 Å². The Kier molecular flexibility index (Phi) is 6.10. The number of benzene rings is 2. The van der Waals surface area contributed by atoms with Crippen LogP contribution in [0.15, 0.2) is 46.9 Å². The summed E-state index contributed by atoms with van der Waals surface area (Å²) < 4.78 is 48.3. The van der Waals surface area contributed by atoms with E-state index in [9.17, 15) is 13.2 Å². The predicted molar refractivity (Wildman–Crippen MR) is 88.5 cm³/mol. The molecule has 0 bridgehead atoms. The van der Waals surface area contributed by atoms with Gasteiger partial charge >= 0.3 is 6.36 Å². The fourth-order valence-corrected chi connectivity index (χ4v) is 2.61. The number of rotatable bonds is 5. The summed E-state index contributed by atoms with van der Waals surface area (Å²) in [6, 6.07) is 12.3. The Balaban J connectivity index is 2.10. The van der Waals surface area contributed by atoms with Crippen LogP contribution in [-0.4, -0.2) is 6.36 Å². The van der Waals surface area contributed by atoms with Gasteiger partial charge in [-0.3, -0.25) is 0 Å². The van der Waals surface area contributed by atoms with Gasteiger partial charge in [0.05, 0.1) is 13.2 Å². The third kappa shape index (κ3) is 5.44. The highest BCUT2D eigenvalue weighted by Gasteiger charge is 2.32. The zero-order valence-corrected chi connectivity index (χ0v) is 14.9. The molecule has 0 fully saturated rings. The highest BCUT2D eigenvalue weighted by molar-refractivity contribution is 14.1. The first-order chi connectivity index (χ1) is 10.3. The lowest BCUT2D eigenvalue weighted by Gasteiger charge is -2.15. The monoisotopic (exact) mass is 486 g/mol. The molecule has 2 aromatic rings. The number of alkyl halides is 3. The van der Waals surface area contributed by atoms with Crippen LogP contribution in [0.2, 0.25) is 0 Å². The molecule has 0 aliphatic carbocycles. The molecule has 2 nitrogen and oxygen atoms in total. The summed E-state index contributed by atoms with van der Waals surface area (Å²) in [6.45, 7) is 0.350. The Bertz CT molecular complexity index is 633. The third-order valence-corrected chi connectivity index (χ3v) is 4.99. The smallest absolute Gasteiger partial charge is 0.405 e. The third-order valence-electron chi connectivity index (χ3n) is 2.70. The molecule has 2 aromatic carbocycles. The molecule has 118 valence electrons. The van der Waals surface area contributed by atoms with Crippen molar-refractivity contribution in [2.45, 2.75) is 19.6 Å². The molecule has 0 atom stereocenters. The molecular weight excluding hydrogens is 476 g/mol. The van der Waals surface area contributed by atoms with Crippen LogP contribution in [0.1, 0.15) is 11.1 Å². The van der Waals surface area contributed by atoms with E-state index >= 15 is 0 Å². The quantitative estimate of drug-likeness (QED) is 0.507. The van der Waals surface area contributed by atoms with E-state index in [0.29, 0.717) is 16.6 Å². The fourth-order valence-electron chi connectivity index (χ4n) is 1.76. The highest BCUT2D eigenvalue weighted by Crippen LogP contribution is 2.33. The van der Waals surface area contributed by atoms with Crippen molar-refractivity contribution in [3.05, 3.63) is 61.6 Å². The minimum Gasteiger partial charge on any atom is -0.405 e. The van der Waals surface area contributed by atoms with Gasteiger partial charge in [-0.25, -0.2) is 0 Å². The second-order valence-electron chi connectivity index (χ2n) is 4.40. The zero-order valence-electron chi connectivity index (χ0n) is 11.2. The SMILES string of the molecule is FC(F)(F)Oc1cc(Br)c(I)cc1COCc1ccccc1. The lowest BCUT2D eigenvalue weighted by atomic mass is 10.2. The van der Waals surface area contributed by atoms with Crippen LogP contribution in [0.3, 0.4) is 0 Å². The molecule has 0 N–H and O–H groups in total. The van der Waals surface area contributed by atoms with E-state index in [1.54, 1.807) is 6.07 Å². The minimum absolute atomic E-state index is 0.0313. The summed E-state index contributed by atoms with van der Waals surface area (Å²) in [7, 11) is 0. The summed E-state index contributed by atoms with van der Waals surface area (Å²) in [5, 5.41) is 0. The molecular formula is C15H11BrF3IO2. The molecule has 0 heterocycles. The van der Waals surface area contributed by atoms with E-state index in [1.807, 2.05) is 52.9 Å². The maximum absolute atomic E-state index is 12.5. The first-order valence-electron chi connectivity index (χ1n) is 6.20. The Morgan fingerprint density at radius 1 is 1.05 bits per heavy atom. The lowest BCUT2D eigenvalue weighted by Crippen LogP contribution is -2.18. The number of hydrogen-bond donors (Lipinski definition) is 0. The molecule has 0 aromatic heterocycles. The second-order valence-corrected chi connectivity index (χ2v) is 6.42. The van der Waals surface area contributed by atoms with Crippen LogP contribution < -0.4 is 4.74 Å². The van der Waals surface area contributed by atoms with E-state index in [0.717, 1.165) is 9.13 Å². The maximum Gasteiger partial charge on any atom is 0.573 e. The molecule has 2 rings (SSSR count). The van der Waals surface area contributed by atoms with Crippen molar-refractivity contribution in [2.75, 3.05) is 0 Å². The van der Waals surface area contributed by atoms with Gasteiger partial charge in [-0.05, 0) is 56.2 Å². The summed E-state index contributed by atoms with van der Waals surface area (Å²) in [5.41, 5.74) is 1.30. The van der Waals surface area contributed by atoms with Crippen molar-refractivity contribution < 1.29 is 22.6 Å². The normalized spacial score (nSPS) is 11.5. The Morgan fingerprint density at radius 3 is 2.36 bits per heavy atom. The summed E-state index contributed by atoms with van der Waals surface area (Å²) >= 11 is 5.22. The fraction of sp³-hybridized carbons (Fsp3) is 0.200. The molecule has 22 heavy (non-hydrogen) atoms. The number of ether oxygens (including phenoxy) is 2. The van der Waals surface area contributed by atoms with Crippen molar-refractivity contribution in [3.63, 3.8) is 0 Å². The van der Waals surface area contributed by atoms with Gasteiger partial charge < -0.3 is 9.47 Å². The molecule has 0 aliphatic heterocycles. The number of halogens is 5. The van der Waals surface area contributed by atoms with E-state index in [1.165, 1.54) is 6.07 Å². The average Bonchev–Trinajstić information content (AvgIpc) is 2.43. The summed E-state index contributed by atoms with van der Waals surface area (Å²) in [6.07, 6.45) is -4.74. The van der Waals surface area contributed by atoms with Crippen LogP contribution in [0.4, 0.5) is 13.2 Å². The van der Waals surface area contributed by atoms with Crippen molar-refractivity contribution >= 4 is 38.5 Å². The van der Waals surface area contributed by atoms with Gasteiger partial charge in [-0.2, -0.15) is 0 Å². The van der Waals surface area contributed by atoms with E-state index < -0.39 is 6.36 Å². The molecule has 0 saturated heterocycles. The minimum atomic E-state index is -4.74. The van der Waals surface area contributed by atoms with Crippen LogP contribution in [-0.2, 0) is 18.0 Å². The topological polar surface area (TPSA) is 18.5 Å². The Morgan fingerprint density at radius 2 is 1.73 bits per heavy atom. The highest BCUT2D eigenvalue weighted by atomic mass is 127. The van der Waals surface area contributed by atoms with Crippen molar-refractivity contribution in [3.8, 4) is 5.75 Å². The summed E-state index contributed by atoms with van der Waals surface area (Å²) in [4.78, 5) is 0. The van der Waals surface area contributed by atoms with Gasteiger partial charge in [-0.15, -0.1) is 13.2 Å². The van der Waals surface area contributed by atoms with Crippen LogP contribution in [0.5, 0.6) is 5.75 Å². The van der Waals surface area contributed by atoms with E-state index in [2.05, 4.69) is 20.7 Å². The molecule has 0 radical (unpaired) electrons. The lowest BCUT2D eigenvalue weighted by molar-refractivity contribution is -0.275. The zero-order chi connectivity index (χ0) is 16.2. The van der Waals surface area contributed by atoms with Crippen LogP contribution >= 0.6 is 38.5 Å². The average molecular weight is 487 g/mol. The van der Waals surface area contributed by atoms with Gasteiger partial charge in [0.1, 0.15) is 5.75 Å². The van der Waals surface area contributed by atoms with Crippen LogP contribution in [0.25, 0.3) is 0 Å². The Hall–Kier alpha value is -0.800. The second kappa shape index (κ2) is 7.65. The molecule has 0 aliphatic rings. The van der Waals surface area contributed by atoms with Gasteiger partial charge in [0, 0.05) is 13.6 Å². The maximum atomic E-state index is 12.5. The summed E-state index contributed by atoms with van der Waals surface area (Å²) in [5.74, 6) is -0.257. The van der Waals surface area contributed by atoms with E-state index in [4.69, 9.17) is 4.74 Å². The van der Waals surface area contributed by atoms with Gasteiger partial charge in [0.25, 0.3) is 0 Å². The van der Waals surface area contributed by atoms with Crippen molar-refractivity contribution in [1.82, 2.24) is 0 Å². The standard InChI is InChI=1S/C15H11BrF3IO2/c16-12-7-14(22-15(17,18)19)11(6-13(12)20)9-21-8-10-4-2-1-3-5-10/h1-7H,8-9H2. The molecule has 0 spiro atoms. The van der Waals surface area contributed by atoms with Crippen molar-refractivity contribution in [1.29, 1.82) is 0 Å². The Labute approximate surface area is 147 Å². The molecule has 0 unspecified atom stereocenters. The van der Waals surface area contributed by atoms with E-state index in [-0.39, 0.29) is 12.4 Å². The van der Waals surface area contributed by atoms with Gasteiger partial charge in [0.2, 0.25) is 0 Å². The van der Waals surface area contributed by atoms with Crippen molar-refractivity contribution in [2.24, 2.45) is 0 Å². The molecule has 0 saturated carbocycles. The molecule has 0 amide bonds.